The Hall–Kier alpha value is -2.55. The predicted octanol–water partition coefficient (Wildman–Crippen LogP) is 4.17. The first-order valence-electron chi connectivity index (χ1n) is 10.5. The third kappa shape index (κ3) is 7.85. The van der Waals surface area contributed by atoms with Gasteiger partial charge in [0.05, 0.1) is 0 Å². The van der Waals surface area contributed by atoms with Crippen LogP contribution in [0.1, 0.15) is 60.6 Å². The van der Waals surface area contributed by atoms with Crippen molar-refractivity contribution in [3.05, 3.63) is 69.7 Å². The lowest BCUT2D eigenvalue weighted by molar-refractivity contribution is 0.0975. The van der Waals surface area contributed by atoms with E-state index in [1.165, 1.54) is 0 Å². The molecule has 0 spiro atoms. The zero-order valence-corrected chi connectivity index (χ0v) is 19.2. The van der Waals surface area contributed by atoms with E-state index >= 15 is 0 Å². The Morgan fingerprint density at radius 2 is 1.81 bits per heavy atom. The number of guanidine groups is 1. The van der Waals surface area contributed by atoms with Gasteiger partial charge in [-0.25, -0.2) is 13.8 Å². The first-order chi connectivity index (χ1) is 15.1. The fourth-order valence-corrected chi connectivity index (χ4v) is 3.33. The number of halogens is 3. The molecule has 0 aliphatic rings. The molecule has 0 fully saturated rings. The van der Waals surface area contributed by atoms with Gasteiger partial charge in [0.15, 0.2) is 5.96 Å². The summed E-state index contributed by atoms with van der Waals surface area (Å²) in [6.07, 6.45) is 1.09. The van der Waals surface area contributed by atoms with E-state index in [9.17, 15) is 13.6 Å². The lowest BCUT2D eigenvalue weighted by Gasteiger charge is -2.20. The number of amides is 1. The minimum Gasteiger partial charge on any atom is -0.354 e. The Bertz CT molecular complexity index is 949. The molecule has 0 aliphatic carbocycles. The van der Waals surface area contributed by atoms with E-state index in [4.69, 9.17) is 23.1 Å². The maximum atomic E-state index is 13.5. The van der Waals surface area contributed by atoms with E-state index < -0.39 is 23.8 Å². The van der Waals surface area contributed by atoms with Gasteiger partial charge in [0.1, 0.15) is 17.8 Å². The maximum Gasteiger partial charge on any atom is 0.257 e. The Morgan fingerprint density at radius 1 is 1.16 bits per heavy atom. The number of aliphatic imine (C=N–C) groups is 1. The molecule has 3 unspecified atom stereocenters. The van der Waals surface area contributed by atoms with Gasteiger partial charge in [-0.2, -0.15) is 0 Å². The molecule has 0 bridgehead atoms. The van der Waals surface area contributed by atoms with Gasteiger partial charge in [-0.05, 0) is 61.7 Å². The summed E-state index contributed by atoms with van der Waals surface area (Å²) in [6, 6.07) is 7.35. The number of rotatable bonds is 8. The molecular formula is C23H30ClF2N5O. The molecule has 2 aromatic carbocycles. The number of hydrogen-bond acceptors (Lipinski definition) is 4. The van der Waals surface area contributed by atoms with Gasteiger partial charge >= 0.3 is 0 Å². The molecular weight excluding hydrogens is 436 g/mol. The van der Waals surface area contributed by atoms with Gasteiger partial charge in [0, 0.05) is 35.2 Å². The molecule has 1 amide bonds. The number of nitrogens with zero attached hydrogens (tertiary/aromatic N) is 1. The Morgan fingerprint density at radius 3 is 2.41 bits per heavy atom. The van der Waals surface area contributed by atoms with Crippen LogP contribution >= 0.6 is 11.6 Å². The molecule has 0 aromatic heterocycles. The average molecular weight is 466 g/mol. The van der Waals surface area contributed by atoms with Crippen LogP contribution < -0.4 is 22.1 Å². The summed E-state index contributed by atoms with van der Waals surface area (Å²) in [7, 11) is 0. The van der Waals surface area contributed by atoms with Crippen molar-refractivity contribution in [2.45, 2.75) is 58.3 Å². The highest BCUT2D eigenvalue weighted by atomic mass is 35.5. The summed E-state index contributed by atoms with van der Waals surface area (Å²) in [5.74, 6) is -1.60. The Balaban J connectivity index is 2.17. The number of hydrogen-bond donors (Lipinski definition) is 4. The first-order valence-corrected chi connectivity index (χ1v) is 10.9. The number of aryl methyl sites for hydroxylation is 1. The number of carbonyl (C=O) groups is 1. The van der Waals surface area contributed by atoms with Gasteiger partial charge in [0.25, 0.3) is 5.91 Å². The van der Waals surface area contributed by atoms with Crippen molar-refractivity contribution in [2.75, 3.05) is 0 Å². The van der Waals surface area contributed by atoms with Crippen LogP contribution in [0.5, 0.6) is 0 Å². The molecule has 0 saturated carbocycles. The van der Waals surface area contributed by atoms with Crippen LogP contribution in [0.3, 0.4) is 0 Å². The van der Waals surface area contributed by atoms with E-state index in [0.29, 0.717) is 10.6 Å². The van der Waals surface area contributed by atoms with Crippen LogP contribution in [0.15, 0.2) is 41.4 Å². The second-order valence-electron chi connectivity index (χ2n) is 7.84. The first kappa shape index (κ1) is 25.7. The van der Waals surface area contributed by atoms with Crippen LogP contribution in [0, 0.1) is 18.6 Å². The quantitative estimate of drug-likeness (QED) is 0.347. The van der Waals surface area contributed by atoms with E-state index in [1.807, 2.05) is 20.8 Å². The lowest BCUT2D eigenvalue weighted by Crippen LogP contribution is -2.46. The second-order valence-corrected chi connectivity index (χ2v) is 8.25. The highest BCUT2D eigenvalue weighted by Crippen LogP contribution is 2.19. The molecule has 3 atom stereocenters. The van der Waals surface area contributed by atoms with Gasteiger partial charge in [-0.15, -0.1) is 0 Å². The van der Waals surface area contributed by atoms with Crippen LogP contribution in [-0.4, -0.2) is 24.1 Å². The van der Waals surface area contributed by atoms with Gasteiger partial charge in [-0.3, -0.25) is 10.1 Å². The molecule has 2 aromatic rings. The van der Waals surface area contributed by atoms with E-state index in [-0.39, 0.29) is 29.9 Å². The fraction of sp³-hybridized carbons (Fsp3) is 0.391. The van der Waals surface area contributed by atoms with Gasteiger partial charge in [-0.1, -0.05) is 24.9 Å². The second kappa shape index (κ2) is 11.9. The number of nitrogens with one attached hydrogen (secondary N) is 2. The molecule has 2 rings (SSSR count). The summed E-state index contributed by atoms with van der Waals surface area (Å²) >= 11 is 6.04. The third-order valence-corrected chi connectivity index (χ3v) is 5.28. The molecule has 0 aliphatic heterocycles. The minimum atomic E-state index is -0.820. The normalized spacial score (nSPS) is 14.6. The van der Waals surface area contributed by atoms with Crippen molar-refractivity contribution < 1.29 is 13.6 Å². The Kier molecular flexibility index (Phi) is 9.56. The number of nitrogens with two attached hydrogens (primary N) is 2. The molecule has 0 heterocycles. The van der Waals surface area contributed by atoms with E-state index in [1.54, 1.807) is 18.2 Å². The molecule has 9 heteroatoms. The standard InChI is InChI=1S/C23H30ClF2N5O/c1-4-5-14(3)29-23(31-22(32)15-6-7-19(24)13(2)8-15)30-21(28)12-20(27)16-9-17(25)11-18(26)10-16/h6-11,14,20-21H,4-5,12,27-28H2,1-3H3,(H2,29,30,31,32). The van der Waals surface area contributed by atoms with Gasteiger partial charge in [0.2, 0.25) is 0 Å². The highest BCUT2D eigenvalue weighted by molar-refractivity contribution is 6.31. The average Bonchev–Trinajstić information content (AvgIpc) is 2.69. The molecule has 6 N–H and O–H groups in total. The van der Waals surface area contributed by atoms with Crippen molar-refractivity contribution in [2.24, 2.45) is 16.5 Å². The van der Waals surface area contributed by atoms with Crippen molar-refractivity contribution in [3.63, 3.8) is 0 Å². The van der Waals surface area contributed by atoms with Crippen molar-refractivity contribution >= 4 is 23.5 Å². The Labute approximate surface area is 192 Å². The van der Waals surface area contributed by atoms with Crippen molar-refractivity contribution in [1.29, 1.82) is 0 Å². The predicted molar refractivity (Wildman–Crippen MR) is 124 cm³/mol. The summed E-state index contributed by atoms with van der Waals surface area (Å²) in [5, 5.41) is 6.47. The fourth-order valence-electron chi connectivity index (χ4n) is 3.21. The lowest BCUT2D eigenvalue weighted by atomic mass is 10.0. The SMILES string of the molecule is CCCC(C)NC(=NC(N)CC(N)c1cc(F)cc(F)c1)NC(=O)c1ccc(Cl)c(C)c1. The zero-order chi connectivity index (χ0) is 23.8. The summed E-state index contributed by atoms with van der Waals surface area (Å²) in [5.41, 5.74) is 13.7. The van der Waals surface area contributed by atoms with E-state index in [0.717, 1.165) is 36.6 Å². The molecule has 0 saturated heterocycles. The van der Waals surface area contributed by atoms with Crippen LogP contribution in [0.25, 0.3) is 0 Å². The molecule has 174 valence electrons. The number of benzene rings is 2. The number of carbonyl (C=O) groups excluding carboxylic acids is 1. The molecule has 6 nitrogen and oxygen atoms in total. The topological polar surface area (TPSA) is 106 Å². The van der Waals surface area contributed by atoms with Crippen LogP contribution in [0.4, 0.5) is 8.78 Å². The third-order valence-electron chi connectivity index (χ3n) is 4.86. The largest absolute Gasteiger partial charge is 0.354 e. The maximum absolute atomic E-state index is 13.5. The summed E-state index contributed by atoms with van der Waals surface area (Å²) in [6.45, 7) is 5.82. The highest BCUT2D eigenvalue weighted by Gasteiger charge is 2.17. The zero-order valence-electron chi connectivity index (χ0n) is 18.5. The van der Waals surface area contributed by atoms with Crippen LogP contribution in [0.2, 0.25) is 5.02 Å². The monoisotopic (exact) mass is 465 g/mol. The van der Waals surface area contributed by atoms with Crippen molar-refractivity contribution in [3.8, 4) is 0 Å². The minimum absolute atomic E-state index is 0.0317. The smallest absolute Gasteiger partial charge is 0.257 e. The summed E-state index contributed by atoms with van der Waals surface area (Å²) < 4.78 is 27.0. The van der Waals surface area contributed by atoms with Gasteiger partial charge < -0.3 is 16.8 Å². The molecule has 32 heavy (non-hydrogen) atoms. The molecule has 0 radical (unpaired) electrons. The van der Waals surface area contributed by atoms with Crippen LogP contribution in [-0.2, 0) is 0 Å². The summed E-state index contributed by atoms with van der Waals surface area (Å²) in [4.78, 5) is 17.1. The van der Waals surface area contributed by atoms with E-state index in [2.05, 4.69) is 15.6 Å². The van der Waals surface area contributed by atoms with Crippen molar-refractivity contribution in [1.82, 2.24) is 10.6 Å².